The summed E-state index contributed by atoms with van der Waals surface area (Å²) in [4.78, 5) is 1.70. The molecule has 0 bridgehead atoms. The molecule has 2 rings (SSSR count). The Bertz CT molecular complexity index is 605. The molecular weight excluding hydrogens is 350 g/mol. The molecule has 9 heteroatoms. The predicted octanol–water partition coefficient (Wildman–Crippen LogP) is 1.09. The van der Waals surface area contributed by atoms with Crippen molar-refractivity contribution >= 4 is 22.2 Å². The van der Waals surface area contributed by atoms with Gasteiger partial charge in [0.2, 0.25) is 0 Å². The lowest BCUT2D eigenvalue weighted by molar-refractivity contribution is -0.118. The number of hydrogen-bond donors (Lipinski definition) is 2. The number of piperazine rings is 1. The minimum atomic E-state index is -3.37. The SMILES string of the molecule is CS(=O)(=O)c1ccc([C@@H](N2CCNCC2)C(F)(F)CO)cc1.Cl. The maximum Gasteiger partial charge on any atom is 0.289 e. The molecular formula is C14H21ClF2N2O3S. The number of benzene rings is 1. The van der Waals surface area contributed by atoms with Crippen molar-refractivity contribution in [3.05, 3.63) is 29.8 Å². The van der Waals surface area contributed by atoms with Gasteiger partial charge in [0.25, 0.3) is 5.92 Å². The first-order valence-corrected chi connectivity index (χ1v) is 8.88. The van der Waals surface area contributed by atoms with E-state index < -0.39 is 28.4 Å². The van der Waals surface area contributed by atoms with E-state index in [1.54, 1.807) is 4.90 Å². The molecule has 1 fully saturated rings. The summed E-state index contributed by atoms with van der Waals surface area (Å²) >= 11 is 0. The predicted molar refractivity (Wildman–Crippen MR) is 86.0 cm³/mol. The van der Waals surface area contributed by atoms with Crippen LogP contribution in [-0.4, -0.2) is 63.4 Å². The lowest BCUT2D eigenvalue weighted by atomic mass is 9.98. The number of aliphatic hydroxyl groups is 1. The molecule has 0 aromatic heterocycles. The summed E-state index contributed by atoms with van der Waals surface area (Å²) in [6, 6.07) is 4.17. The van der Waals surface area contributed by atoms with Crippen molar-refractivity contribution in [2.75, 3.05) is 39.0 Å². The van der Waals surface area contributed by atoms with Gasteiger partial charge in [0.1, 0.15) is 12.6 Å². The molecule has 5 nitrogen and oxygen atoms in total. The molecule has 1 saturated heterocycles. The van der Waals surface area contributed by atoms with E-state index in [9.17, 15) is 17.2 Å². The van der Waals surface area contributed by atoms with Gasteiger partial charge in [-0.25, -0.2) is 17.2 Å². The molecule has 1 aromatic carbocycles. The largest absolute Gasteiger partial charge is 0.390 e. The highest BCUT2D eigenvalue weighted by Gasteiger charge is 2.44. The minimum Gasteiger partial charge on any atom is -0.390 e. The zero-order valence-electron chi connectivity index (χ0n) is 12.7. The van der Waals surface area contributed by atoms with E-state index in [1.807, 2.05) is 0 Å². The van der Waals surface area contributed by atoms with Crippen LogP contribution in [0, 0.1) is 0 Å². The topological polar surface area (TPSA) is 69.6 Å². The van der Waals surface area contributed by atoms with Crippen LogP contribution in [-0.2, 0) is 9.84 Å². The first-order valence-electron chi connectivity index (χ1n) is 6.99. The molecule has 1 aliphatic rings. The fourth-order valence-corrected chi connectivity index (χ4v) is 3.28. The third-order valence-corrected chi connectivity index (χ3v) is 4.88. The number of nitrogens with one attached hydrogen (secondary N) is 1. The third kappa shape index (κ3) is 4.84. The van der Waals surface area contributed by atoms with Crippen molar-refractivity contribution in [2.24, 2.45) is 0 Å². The molecule has 0 spiro atoms. The second kappa shape index (κ2) is 7.85. The fraction of sp³-hybridized carbons (Fsp3) is 0.571. The third-order valence-electron chi connectivity index (χ3n) is 3.75. The van der Waals surface area contributed by atoms with Gasteiger partial charge >= 0.3 is 0 Å². The van der Waals surface area contributed by atoms with E-state index in [-0.39, 0.29) is 17.3 Å². The van der Waals surface area contributed by atoms with Crippen LogP contribution in [0.3, 0.4) is 0 Å². The molecule has 0 amide bonds. The Kier molecular flexibility index (Phi) is 6.91. The van der Waals surface area contributed by atoms with Crippen molar-refractivity contribution < 1.29 is 22.3 Å². The lowest BCUT2D eigenvalue weighted by Gasteiger charge is -2.38. The average molecular weight is 371 g/mol. The van der Waals surface area contributed by atoms with Gasteiger partial charge in [0, 0.05) is 32.4 Å². The van der Waals surface area contributed by atoms with Crippen LogP contribution in [0.15, 0.2) is 29.2 Å². The van der Waals surface area contributed by atoms with Gasteiger partial charge in [-0.1, -0.05) is 12.1 Å². The molecule has 0 radical (unpaired) electrons. The second-order valence-corrected chi connectivity index (χ2v) is 7.46. The molecule has 132 valence electrons. The van der Waals surface area contributed by atoms with Crippen molar-refractivity contribution in [1.82, 2.24) is 10.2 Å². The summed E-state index contributed by atoms with van der Waals surface area (Å²) < 4.78 is 51.3. The molecule has 1 aromatic rings. The Morgan fingerprint density at radius 3 is 2.22 bits per heavy atom. The maximum absolute atomic E-state index is 14.2. The van der Waals surface area contributed by atoms with Crippen molar-refractivity contribution in [3.8, 4) is 0 Å². The smallest absolute Gasteiger partial charge is 0.289 e. The number of nitrogens with zero attached hydrogens (tertiary/aromatic N) is 1. The summed E-state index contributed by atoms with van der Waals surface area (Å²) in [5.74, 6) is -3.30. The highest BCUT2D eigenvalue weighted by Crippen LogP contribution is 2.36. The lowest BCUT2D eigenvalue weighted by Crippen LogP contribution is -2.51. The molecule has 0 aliphatic carbocycles. The quantitative estimate of drug-likeness (QED) is 0.812. The monoisotopic (exact) mass is 370 g/mol. The number of halogens is 3. The van der Waals surface area contributed by atoms with Crippen LogP contribution >= 0.6 is 12.4 Å². The fourth-order valence-electron chi connectivity index (χ4n) is 2.65. The average Bonchev–Trinajstić information content (AvgIpc) is 2.48. The first kappa shape index (κ1) is 20.2. The van der Waals surface area contributed by atoms with E-state index in [0.29, 0.717) is 31.7 Å². The Morgan fingerprint density at radius 1 is 1.26 bits per heavy atom. The summed E-state index contributed by atoms with van der Waals surface area (Å²) in [6.07, 6.45) is 1.07. The molecule has 2 N–H and O–H groups in total. The van der Waals surface area contributed by atoms with Gasteiger partial charge in [-0.3, -0.25) is 4.90 Å². The zero-order valence-corrected chi connectivity index (χ0v) is 14.3. The first-order chi connectivity index (χ1) is 10.3. The number of rotatable bonds is 5. The van der Waals surface area contributed by atoms with E-state index in [2.05, 4.69) is 5.32 Å². The highest BCUT2D eigenvalue weighted by molar-refractivity contribution is 7.90. The maximum atomic E-state index is 14.2. The van der Waals surface area contributed by atoms with Gasteiger partial charge in [-0.05, 0) is 17.7 Å². The van der Waals surface area contributed by atoms with Gasteiger partial charge in [-0.15, -0.1) is 12.4 Å². The Morgan fingerprint density at radius 2 is 1.78 bits per heavy atom. The van der Waals surface area contributed by atoms with Crippen molar-refractivity contribution in [2.45, 2.75) is 16.9 Å². The Balaban J connectivity index is 0.00000264. The van der Waals surface area contributed by atoms with Gasteiger partial charge in [0.05, 0.1) is 4.90 Å². The van der Waals surface area contributed by atoms with Crippen LogP contribution in [0.5, 0.6) is 0 Å². The van der Waals surface area contributed by atoms with E-state index in [1.165, 1.54) is 24.3 Å². The molecule has 23 heavy (non-hydrogen) atoms. The van der Waals surface area contributed by atoms with E-state index >= 15 is 0 Å². The van der Waals surface area contributed by atoms with Gasteiger partial charge in [-0.2, -0.15) is 0 Å². The second-order valence-electron chi connectivity index (χ2n) is 5.45. The molecule has 0 saturated carbocycles. The van der Waals surface area contributed by atoms with Gasteiger partial charge in [0.15, 0.2) is 9.84 Å². The highest BCUT2D eigenvalue weighted by atomic mass is 35.5. The molecule has 1 aliphatic heterocycles. The van der Waals surface area contributed by atoms with Crippen LogP contribution in [0.1, 0.15) is 11.6 Å². The van der Waals surface area contributed by atoms with Crippen molar-refractivity contribution in [1.29, 1.82) is 0 Å². The Labute approximate surface area is 141 Å². The van der Waals surface area contributed by atoms with Gasteiger partial charge < -0.3 is 10.4 Å². The summed E-state index contributed by atoms with van der Waals surface area (Å²) in [5.41, 5.74) is 0.299. The van der Waals surface area contributed by atoms with Crippen LogP contribution in [0.2, 0.25) is 0 Å². The molecule has 1 heterocycles. The number of alkyl halides is 2. The van der Waals surface area contributed by atoms with E-state index in [4.69, 9.17) is 5.11 Å². The standard InChI is InChI=1S/C14H20F2N2O3S.ClH/c1-22(20,21)12-4-2-11(3-5-12)13(14(15,16)10-19)18-8-6-17-7-9-18;/h2-5,13,17,19H,6-10H2,1H3;1H/t13-;/m1./s1. The summed E-state index contributed by atoms with van der Waals surface area (Å²) in [5, 5.41) is 12.1. The zero-order chi connectivity index (χ0) is 16.4. The summed E-state index contributed by atoms with van der Waals surface area (Å²) in [6.45, 7) is 0.816. The van der Waals surface area contributed by atoms with Crippen molar-refractivity contribution in [3.63, 3.8) is 0 Å². The number of aliphatic hydroxyl groups excluding tert-OH is 1. The Hall–Kier alpha value is -0.800. The minimum absolute atomic E-state index is 0. The molecule has 1 atom stereocenters. The number of sulfone groups is 1. The van der Waals surface area contributed by atoms with Crippen LogP contribution in [0.25, 0.3) is 0 Å². The normalized spacial score (nSPS) is 18.3. The molecule has 0 unspecified atom stereocenters. The number of hydrogen-bond acceptors (Lipinski definition) is 5. The van der Waals surface area contributed by atoms with Crippen LogP contribution < -0.4 is 5.32 Å². The summed E-state index contributed by atoms with van der Waals surface area (Å²) in [7, 11) is -3.37. The van der Waals surface area contributed by atoms with E-state index in [0.717, 1.165) is 6.26 Å². The van der Waals surface area contributed by atoms with Crippen LogP contribution in [0.4, 0.5) is 8.78 Å².